The topological polar surface area (TPSA) is 41.6 Å². The van der Waals surface area contributed by atoms with Crippen LogP contribution in [0.25, 0.3) is 0 Å². The molecule has 2 aliphatic rings. The SMILES string of the molecule is CC(C)(C)OC(=O)N1CCC[C@@H]2CNCC[C@H]21. The molecule has 0 radical (unpaired) electrons. The van der Waals surface area contributed by atoms with Gasteiger partial charge in [0.05, 0.1) is 0 Å². The van der Waals surface area contributed by atoms with Crippen LogP contribution in [0.1, 0.15) is 40.0 Å². The number of piperidine rings is 2. The molecule has 1 amide bonds. The molecule has 2 rings (SSSR count). The molecule has 17 heavy (non-hydrogen) atoms. The number of carbonyl (C=O) groups is 1. The van der Waals surface area contributed by atoms with Crippen molar-refractivity contribution in [2.24, 2.45) is 5.92 Å². The lowest BCUT2D eigenvalue weighted by molar-refractivity contribution is -0.00497. The van der Waals surface area contributed by atoms with E-state index in [1.165, 1.54) is 6.42 Å². The normalized spacial score (nSPS) is 29.7. The van der Waals surface area contributed by atoms with Crippen LogP contribution in [0.15, 0.2) is 0 Å². The van der Waals surface area contributed by atoms with Crippen LogP contribution in [-0.4, -0.2) is 42.3 Å². The summed E-state index contributed by atoms with van der Waals surface area (Å²) in [5.74, 6) is 0.616. The van der Waals surface area contributed by atoms with Gasteiger partial charge in [0, 0.05) is 12.6 Å². The van der Waals surface area contributed by atoms with Gasteiger partial charge in [-0.25, -0.2) is 4.79 Å². The predicted molar refractivity (Wildman–Crippen MR) is 66.9 cm³/mol. The number of hydrogen-bond acceptors (Lipinski definition) is 3. The number of rotatable bonds is 0. The van der Waals surface area contributed by atoms with E-state index in [-0.39, 0.29) is 6.09 Å². The molecule has 1 N–H and O–H groups in total. The average Bonchev–Trinajstić information content (AvgIpc) is 2.26. The van der Waals surface area contributed by atoms with Crippen molar-refractivity contribution in [3.8, 4) is 0 Å². The summed E-state index contributed by atoms with van der Waals surface area (Å²) in [5.41, 5.74) is -0.392. The summed E-state index contributed by atoms with van der Waals surface area (Å²) in [5, 5.41) is 3.41. The Hall–Kier alpha value is -0.770. The van der Waals surface area contributed by atoms with Crippen molar-refractivity contribution in [2.75, 3.05) is 19.6 Å². The Kier molecular flexibility index (Phi) is 3.61. The highest BCUT2D eigenvalue weighted by atomic mass is 16.6. The molecule has 2 fully saturated rings. The van der Waals surface area contributed by atoms with Crippen LogP contribution in [0.2, 0.25) is 0 Å². The van der Waals surface area contributed by atoms with Gasteiger partial charge < -0.3 is 15.0 Å². The van der Waals surface area contributed by atoms with Crippen molar-refractivity contribution >= 4 is 6.09 Å². The summed E-state index contributed by atoms with van der Waals surface area (Å²) in [7, 11) is 0. The molecule has 0 aromatic heterocycles. The van der Waals surface area contributed by atoms with Crippen LogP contribution in [0, 0.1) is 5.92 Å². The van der Waals surface area contributed by atoms with Crippen molar-refractivity contribution in [1.82, 2.24) is 10.2 Å². The second kappa shape index (κ2) is 4.84. The molecule has 4 nitrogen and oxygen atoms in total. The number of nitrogens with zero attached hydrogens (tertiary/aromatic N) is 1. The Morgan fingerprint density at radius 2 is 2.12 bits per heavy atom. The predicted octanol–water partition coefficient (Wildman–Crippen LogP) is 2.00. The minimum atomic E-state index is -0.392. The van der Waals surface area contributed by atoms with E-state index in [1.807, 2.05) is 25.7 Å². The van der Waals surface area contributed by atoms with E-state index in [2.05, 4.69) is 5.32 Å². The fraction of sp³-hybridized carbons (Fsp3) is 0.923. The number of hydrogen-bond donors (Lipinski definition) is 1. The van der Waals surface area contributed by atoms with Crippen LogP contribution in [0.4, 0.5) is 4.79 Å². The highest BCUT2D eigenvalue weighted by Gasteiger charge is 2.37. The molecule has 0 spiro atoms. The van der Waals surface area contributed by atoms with Gasteiger partial charge >= 0.3 is 6.09 Å². The zero-order chi connectivity index (χ0) is 12.5. The first kappa shape index (κ1) is 12.7. The number of carbonyl (C=O) groups excluding carboxylic acids is 1. The maximum atomic E-state index is 12.2. The Bertz CT molecular complexity index is 284. The average molecular weight is 240 g/mol. The van der Waals surface area contributed by atoms with Gasteiger partial charge in [0.25, 0.3) is 0 Å². The summed E-state index contributed by atoms with van der Waals surface area (Å²) >= 11 is 0. The lowest BCUT2D eigenvalue weighted by atomic mass is 9.85. The zero-order valence-electron chi connectivity index (χ0n) is 11.2. The minimum Gasteiger partial charge on any atom is -0.444 e. The molecule has 0 aromatic rings. The number of amides is 1. The van der Waals surface area contributed by atoms with Gasteiger partial charge in [-0.2, -0.15) is 0 Å². The van der Waals surface area contributed by atoms with Crippen molar-refractivity contribution in [2.45, 2.75) is 51.7 Å². The minimum absolute atomic E-state index is 0.130. The van der Waals surface area contributed by atoms with Gasteiger partial charge in [0.1, 0.15) is 5.60 Å². The fourth-order valence-corrected chi connectivity index (χ4v) is 2.85. The number of ether oxygens (including phenoxy) is 1. The van der Waals surface area contributed by atoms with Crippen LogP contribution in [0.5, 0.6) is 0 Å². The maximum absolute atomic E-state index is 12.2. The van der Waals surface area contributed by atoms with E-state index in [0.29, 0.717) is 12.0 Å². The Balaban J connectivity index is 2.01. The highest BCUT2D eigenvalue weighted by molar-refractivity contribution is 5.68. The summed E-state index contributed by atoms with van der Waals surface area (Å²) in [6.07, 6.45) is 3.26. The summed E-state index contributed by atoms with van der Waals surface area (Å²) in [6, 6.07) is 0.389. The first-order valence-electron chi connectivity index (χ1n) is 6.68. The van der Waals surface area contributed by atoms with Crippen LogP contribution < -0.4 is 5.32 Å². The molecular weight excluding hydrogens is 216 g/mol. The van der Waals surface area contributed by atoms with Crippen molar-refractivity contribution in [3.05, 3.63) is 0 Å². The molecular formula is C13H24N2O2. The number of nitrogens with one attached hydrogen (secondary N) is 1. The smallest absolute Gasteiger partial charge is 0.410 e. The molecule has 2 aliphatic heterocycles. The third-order valence-electron chi connectivity index (χ3n) is 3.57. The lowest BCUT2D eigenvalue weighted by Crippen LogP contribution is -2.55. The molecule has 98 valence electrons. The Morgan fingerprint density at radius 1 is 1.35 bits per heavy atom. The van der Waals surface area contributed by atoms with Gasteiger partial charge in [-0.3, -0.25) is 0 Å². The molecule has 0 aromatic carbocycles. The van der Waals surface area contributed by atoms with Crippen LogP contribution in [0.3, 0.4) is 0 Å². The fourth-order valence-electron chi connectivity index (χ4n) is 2.85. The lowest BCUT2D eigenvalue weighted by Gasteiger charge is -2.44. The third kappa shape index (κ3) is 3.12. The molecule has 0 aliphatic carbocycles. The first-order chi connectivity index (χ1) is 7.97. The first-order valence-corrected chi connectivity index (χ1v) is 6.68. The van der Waals surface area contributed by atoms with Gasteiger partial charge in [0.2, 0.25) is 0 Å². The molecule has 4 heteroatoms. The Labute approximate surface area is 104 Å². The van der Waals surface area contributed by atoms with E-state index in [9.17, 15) is 4.79 Å². The van der Waals surface area contributed by atoms with E-state index in [0.717, 1.165) is 32.5 Å². The largest absolute Gasteiger partial charge is 0.444 e. The van der Waals surface area contributed by atoms with E-state index >= 15 is 0 Å². The third-order valence-corrected chi connectivity index (χ3v) is 3.57. The van der Waals surface area contributed by atoms with Gasteiger partial charge in [-0.1, -0.05) is 0 Å². The summed E-state index contributed by atoms with van der Waals surface area (Å²) in [4.78, 5) is 14.1. The second-order valence-corrected chi connectivity index (χ2v) is 6.14. The number of likely N-dealkylation sites (tertiary alicyclic amines) is 1. The summed E-state index contributed by atoms with van der Waals surface area (Å²) < 4.78 is 5.49. The molecule has 2 atom stereocenters. The molecule has 0 unspecified atom stereocenters. The number of fused-ring (bicyclic) bond motifs is 1. The van der Waals surface area contributed by atoms with Gasteiger partial charge in [-0.15, -0.1) is 0 Å². The zero-order valence-corrected chi connectivity index (χ0v) is 11.2. The molecule has 0 bridgehead atoms. The Morgan fingerprint density at radius 3 is 2.82 bits per heavy atom. The molecule has 2 heterocycles. The monoisotopic (exact) mass is 240 g/mol. The van der Waals surface area contributed by atoms with Crippen molar-refractivity contribution in [3.63, 3.8) is 0 Å². The van der Waals surface area contributed by atoms with Crippen LogP contribution >= 0.6 is 0 Å². The van der Waals surface area contributed by atoms with E-state index in [1.54, 1.807) is 0 Å². The quantitative estimate of drug-likeness (QED) is 0.704. The van der Waals surface area contributed by atoms with E-state index in [4.69, 9.17) is 4.74 Å². The van der Waals surface area contributed by atoms with Crippen molar-refractivity contribution < 1.29 is 9.53 Å². The van der Waals surface area contributed by atoms with Crippen molar-refractivity contribution in [1.29, 1.82) is 0 Å². The van der Waals surface area contributed by atoms with Gasteiger partial charge in [0.15, 0.2) is 0 Å². The van der Waals surface area contributed by atoms with Gasteiger partial charge in [-0.05, 0) is 59.0 Å². The standard InChI is InChI=1S/C13H24N2O2/c1-13(2,3)17-12(16)15-8-4-5-10-9-14-7-6-11(10)15/h10-11,14H,4-9H2,1-3H3/t10-,11-/m1/s1. The van der Waals surface area contributed by atoms with E-state index < -0.39 is 5.60 Å². The maximum Gasteiger partial charge on any atom is 0.410 e. The summed E-state index contributed by atoms with van der Waals surface area (Å²) in [6.45, 7) is 8.69. The molecule has 0 saturated carbocycles. The second-order valence-electron chi connectivity index (χ2n) is 6.14. The molecule has 2 saturated heterocycles. The highest BCUT2D eigenvalue weighted by Crippen LogP contribution is 2.28. The van der Waals surface area contributed by atoms with Crippen LogP contribution in [-0.2, 0) is 4.74 Å².